The predicted octanol–water partition coefficient (Wildman–Crippen LogP) is 2.05. The van der Waals surface area contributed by atoms with Crippen LogP contribution >= 0.6 is 0 Å². The normalized spacial score (nSPS) is 58.8. The molecule has 1 heteroatoms. The van der Waals surface area contributed by atoms with Gasteiger partial charge in [0.25, 0.3) is 0 Å². The van der Waals surface area contributed by atoms with Crippen LogP contribution in [0.1, 0.15) is 33.1 Å². The summed E-state index contributed by atoms with van der Waals surface area (Å²) in [5, 5.41) is 9.42. The Bertz CT molecular complexity index is 233. The fourth-order valence-electron chi connectivity index (χ4n) is 4.18. The number of rotatable bonds is 1. The molecule has 68 valence electrons. The maximum absolute atomic E-state index is 9.42. The van der Waals surface area contributed by atoms with Crippen LogP contribution in [-0.2, 0) is 0 Å². The Hall–Kier alpha value is -0.0400. The van der Waals surface area contributed by atoms with E-state index in [0.29, 0.717) is 17.4 Å². The lowest BCUT2D eigenvalue weighted by Crippen LogP contribution is -2.54. The molecule has 0 heterocycles. The summed E-state index contributed by atoms with van der Waals surface area (Å²) in [7, 11) is 0. The van der Waals surface area contributed by atoms with E-state index in [4.69, 9.17) is 0 Å². The highest BCUT2D eigenvalue weighted by Gasteiger charge is 2.72. The van der Waals surface area contributed by atoms with Gasteiger partial charge in [0.1, 0.15) is 0 Å². The molecular weight excluding hydrogens is 148 g/mol. The van der Waals surface area contributed by atoms with E-state index < -0.39 is 0 Å². The van der Waals surface area contributed by atoms with Gasteiger partial charge in [0, 0.05) is 6.61 Å². The Balaban J connectivity index is 1.94. The molecule has 4 saturated carbocycles. The molecule has 0 saturated heterocycles. The summed E-state index contributed by atoms with van der Waals surface area (Å²) in [6.45, 7) is 5.26. The first-order valence-corrected chi connectivity index (χ1v) is 5.22. The van der Waals surface area contributed by atoms with Gasteiger partial charge in [-0.25, -0.2) is 0 Å². The molecule has 0 aromatic heterocycles. The molecule has 4 rings (SSSR count). The van der Waals surface area contributed by atoms with Crippen molar-refractivity contribution in [3.8, 4) is 0 Å². The number of aliphatic hydroxyl groups excluding tert-OH is 1. The average Bonchev–Trinajstić information content (AvgIpc) is 2.77. The van der Waals surface area contributed by atoms with Crippen molar-refractivity contribution in [2.45, 2.75) is 33.1 Å². The van der Waals surface area contributed by atoms with Gasteiger partial charge in [-0.15, -0.1) is 0 Å². The molecule has 2 bridgehead atoms. The average molecular weight is 166 g/mol. The first kappa shape index (κ1) is 7.37. The van der Waals surface area contributed by atoms with E-state index in [1.54, 1.807) is 0 Å². The zero-order valence-corrected chi connectivity index (χ0v) is 8.01. The smallest absolute Gasteiger partial charge is 0.0493 e. The van der Waals surface area contributed by atoms with E-state index in [-0.39, 0.29) is 0 Å². The van der Waals surface area contributed by atoms with E-state index in [1.807, 2.05) is 0 Å². The Morgan fingerprint density at radius 1 is 1.25 bits per heavy atom. The van der Waals surface area contributed by atoms with Gasteiger partial charge in [0.05, 0.1) is 0 Å². The second-order valence-electron chi connectivity index (χ2n) is 5.83. The minimum atomic E-state index is 0.401. The van der Waals surface area contributed by atoms with Crippen LogP contribution in [-0.4, -0.2) is 11.7 Å². The first-order valence-electron chi connectivity index (χ1n) is 5.22. The van der Waals surface area contributed by atoms with Crippen LogP contribution in [0.25, 0.3) is 0 Å². The molecule has 0 aromatic rings. The van der Waals surface area contributed by atoms with Gasteiger partial charge in [-0.2, -0.15) is 0 Å². The highest BCUT2D eigenvalue weighted by atomic mass is 16.3. The van der Waals surface area contributed by atoms with Gasteiger partial charge in [-0.1, -0.05) is 13.8 Å². The van der Waals surface area contributed by atoms with Crippen LogP contribution in [0.5, 0.6) is 0 Å². The first-order chi connectivity index (χ1) is 5.61. The molecule has 0 spiro atoms. The van der Waals surface area contributed by atoms with E-state index in [9.17, 15) is 5.11 Å². The van der Waals surface area contributed by atoms with Crippen molar-refractivity contribution in [2.75, 3.05) is 6.61 Å². The fraction of sp³-hybridized carbons (Fsp3) is 1.00. The lowest BCUT2D eigenvalue weighted by atomic mass is 9.45. The molecule has 0 aliphatic heterocycles. The summed E-state index contributed by atoms with van der Waals surface area (Å²) < 4.78 is 0. The lowest BCUT2D eigenvalue weighted by molar-refractivity contribution is -0.125. The Morgan fingerprint density at radius 3 is 2.50 bits per heavy atom. The molecule has 4 aliphatic rings. The van der Waals surface area contributed by atoms with Gasteiger partial charge in [-0.3, -0.25) is 0 Å². The molecule has 4 fully saturated rings. The van der Waals surface area contributed by atoms with Crippen LogP contribution < -0.4 is 0 Å². The molecule has 12 heavy (non-hydrogen) atoms. The Morgan fingerprint density at radius 2 is 2.00 bits per heavy atom. The van der Waals surface area contributed by atoms with E-state index in [1.165, 1.54) is 19.3 Å². The summed E-state index contributed by atoms with van der Waals surface area (Å²) >= 11 is 0. The van der Waals surface area contributed by atoms with E-state index in [0.717, 1.165) is 17.8 Å². The largest absolute Gasteiger partial charge is 0.396 e. The molecule has 1 nitrogen and oxygen atoms in total. The fourth-order valence-corrected chi connectivity index (χ4v) is 4.18. The lowest BCUT2D eigenvalue weighted by Gasteiger charge is -2.60. The molecule has 1 unspecified atom stereocenters. The monoisotopic (exact) mass is 166 g/mol. The number of hydrogen-bond acceptors (Lipinski definition) is 1. The maximum Gasteiger partial charge on any atom is 0.0493 e. The molecule has 4 aliphatic carbocycles. The maximum atomic E-state index is 9.42. The summed E-state index contributed by atoms with van der Waals surface area (Å²) in [5.74, 6) is 2.73. The topological polar surface area (TPSA) is 20.2 Å². The molecular formula is C11H18O. The highest BCUT2D eigenvalue weighted by Crippen LogP contribution is 2.77. The zero-order chi connectivity index (χ0) is 8.56. The minimum Gasteiger partial charge on any atom is -0.396 e. The van der Waals surface area contributed by atoms with E-state index >= 15 is 0 Å². The third kappa shape index (κ3) is 0.555. The summed E-state index contributed by atoms with van der Waals surface area (Å²) in [4.78, 5) is 0. The van der Waals surface area contributed by atoms with E-state index in [2.05, 4.69) is 13.8 Å². The van der Waals surface area contributed by atoms with Crippen molar-refractivity contribution in [3.05, 3.63) is 0 Å². The van der Waals surface area contributed by atoms with Crippen LogP contribution in [0.2, 0.25) is 0 Å². The predicted molar refractivity (Wildman–Crippen MR) is 47.6 cm³/mol. The Labute approximate surface area is 74.2 Å². The minimum absolute atomic E-state index is 0.401. The molecule has 0 aromatic carbocycles. The summed E-state index contributed by atoms with van der Waals surface area (Å²) in [6, 6.07) is 0. The number of aliphatic hydroxyl groups is 1. The quantitative estimate of drug-likeness (QED) is 0.632. The summed E-state index contributed by atoms with van der Waals surface area (Å²) in [5.41, 5.74) is 0.952. The van der Waals surface area contributed by atoms with Gasteiger partial charge < -0.3 is 5.11 Å². The highest BCUT2D eigenvalue weighted by molar-refractivity contribution is 5.20. The third-order valence-electron chi connectivity index (χ3n) is 5.31. The zero-order valence-electron chi connectivity index (χ0n) is 8.01. The molecule has 1 N–H and O–H groups in total. The second-order valence-corrected chi connectivity index (χ2v) is 5.83. The second kappa shape index (κ2) is 1.75. The van der Waals surface area contributed by atoms with Crippen molar-refractivity contribution in [1.82, 2.24) is 0 Å². The van der Waals surface area contributed by atoms with Crippen LogP contribution in [0.4, 0.5) is 0 Å². The van der Waals surface area contributed by atoms with Crippen molar-refractivity contribution in [3.63, 3.8) is 0 Å². The van der Waals surface area contributed by atoms with Crippen LogP contribution in [0.15, 0.2) is 0 Å². The SMILES string of the molecule is CC1(C)[C@H]2CC3C[C@]3(CO)[C@@H]1C2. The van der Waals surface area contributed by atoms with Crippen molar-refractivity contribution < 1.29 is 5.11 Å². The van der Waals surface area contributed by atoms with Gasteiger partial charge in [0.2, 0.25) is 0 Å². The standard InChI is InChI=1S/C11H18O/c1-10(2)7-3-8-5-11(8,6-12)9(10)4-7/h7-9,12H,3-6H2,1-2H3/t7-,8?,9+,11+/m0/s1. The van der Waals surface area contributed by atoms with Crippen LogP contribution in [0.3, 0.4) is 0 Å². The third-order valence-corrected chi connectivity index (χ3v) is 5.31. The van der Waals surface area contributed by atoms with Gasteiger partial charge in [0.15, 0.2) is 0 Å². The van der Waals surface area contributed by atoms with Gasteiger partial charge >= 0.3 is 0 Å². The van der Waals surface area contributed by atoms with Crippen molar-refractivity contribution in [2.24, 2.45) is 28.6 Å². The molecule has 4 atom stereocenters. The molecule has 0 amide bonds. The summed E-state index contributed by atoms with van der Waals surface area (Å²) in [6.07, 6.45) is 4.14. The van der Waals surface area contributed by atoms with Crippen molar-refractivity contribution in [1.29, 1.82) is 0 Å². The molecule has 0 radical (unpaired) electrons. The van der Waals surface area contributed by atoms with Crippen LogP contribution in [0, 0.1) is 28.6 Å². The van der Waals surface area contributed by atoms with Gasteiger partial charge in [-0.05, 0) is 47.8 Å². The number of hydrogen-bond donors (Lipinski definition) is 1. The Kier molecular flexibility index (Phi) is 1.07. The van der Waals surface area contributed by atoms with Crippen molar-refractivity contribution >= 4 is 0 Å².